The second-order valence-electron chi connectivity index (χ2n) is 4.25. The summed E-state index contributed by atoms with van der Waals surface area (Å²) < 4.78 is 4.71. The van der Waals surface area contributed by atoms with Gasteiger partial charge in [0.05, 0.1) is 18.6 Å². The number of ether oxygens (including phenoxy) is 1. The molecule has 0 saturated carbocycles. The van der Waals surface area contributed by atoms with Crippen LogP contribution in [0.4, 0.5) is 4.79 Å². The second-order valence-corrected chi connectivity index (χ2v) is 4.25. The molecule has 2 amide bonds. The van der Waals surface area contributed by atoms with Crippen LogP contribution in [0.15, 0.2) is 30.3 Å². The molecule has 1 aromatic carbocycles. The van der Waals surface area contributed by atoms with Gasteiger partial charge in [-0.2, -0.15) is 0 Å². The quantitative estimate of drug-likeness (QED) is 0.877. The third-order valence-corrected chi connectivity index (χ3v) is 3.03. The van der Waals surface area contributed by atoms with Crippen LogP contribution in [0.1, 0.15) is 18.6 Å². The number of imide groups is 1. The molecule has 96 valence electrons. The molecule has 2 rings (SSSR count). The minimum atomic E-state index is -0.924. The summed E-state index contributed by atoms with van der Waals surface area (Å²) in [5, 5.41) is 10.1. The highest BCUT2D eigenvalue weighted by atomic mass is 16.6. The van der Waals surface area contributed by atoms with Crippen molar-refractivity contribution in [1.82, 2.24) is 4.90 Å². The first kappa shape index (κ1) is 12.6. The van der Waals surface area contributed by atoms with Crippen LogP contribution in [0.25, 0.3) is 0 Å². The highest BCUT2D eigenvalue weighted by Gasteiger charge is 2.34. The molecule has 0 unspecified atom stereocenters. The third kappa shape index (κ3) is 2.36. The maximum atomic E-state index is 12.0. The van der Waals surface area contributed by atoms with Crippen LogP contribution in [-0.2, 0) is 9.53 Å². The zero-order chi connectivity index (χ0) is 13.1. The van der Waals surface area contributed by atoms with Crippen LogP contribution in [-0.4, -0.2) is 35.2 Å². The lowest BCUT2D eigenvalue weighted by atomic mass is 9.96. The zero-order valence-corrected chi connectivity index (χ0v) is 10.1. The lowest BCUT2D eigenvalue weighted by Gasteiger charge is -2.21. The summed E-state index contributed by atoms with van der Waals surface area (Å²) >= 11 is 0. The molecule has 1 fully saturated rings. The van der Waals surface area contributed by atoms with E-state index < -0.39 is 24.0 Å². The molecule has 5 heteroatoms. The van der Waals surface area contributed by atoms with Gasteiger partial charge in [0.25, 0.3) is 0 Å². The molecular formula is C13H15NO4. The van der Waals surface area contributed by atoms with Gasteiger partial charge < -0.3 is 9.84 Å². The van der Waals surface area contributed by atoms with Crippen molar-refractivity contribution in [2.24, 2.45) is 5.92 Å². The Morgan fingerprint density at radius 3 is 2.61 bits per heavy atom. The molecule has 0 aliphatic carbocycles. The largest absolute Gasteiger partial charge is 0.447 e. The Balaban J connectivity index is 2.09. The van der Waals surface area contributed by atoms with Crippen LogP contribution in [0.3, 0.4) is 0 Å². The van der Waals surface area contributed by atoms with Crippen molar-refractivity contribution in [3.8, 4) is 0 Å². The van der Waals surface area contributed by atoms with Crippen LogP contribution in [0, 0.1) is 5.92 Å². The number of rotatable bonds is 3. The smallest absolute Gasteiger partial charge is 0.416 e. The Morgan fingerprint density at radius 1 is 1.39 bits per heavy atom. The first-order valence-corrected chi connectivity index (χ1v) is 5.82. The molecule has 0 spiro atoms. The van der Waals surface area contributed by atoms with Crippen molar-refractivity contribution in [3.05, 3.63) is 35.9 Å². The fourth-order valence-corrected chi connectivity index (χ4v) is 1.91. The van der Waals surface area contributed by atoms with Crippen molar-refractivity contribution in [2.45, 2.75) is 13.0 Å². The molecule has 1 aliphatic heterocycles. The maximum absolute atomic E-state index is 12.0. The van der Waals surface area contributed by atoms with Gasteiger partial charge in [0, 0.05) is 0 Å². The van der Waals surface area contributed by atoms with Crippen molar-refractivity contribution in [3.63, 3.8) is 0 Å². The van der Waals surface area contributed by atoms with Crippen molar-refractivity contribution < 1.29 is 19.4 Å². The van der Waals surface area contributed by atoms with E-state index >= 15 is 0 Å². The molecule has 5 nitrogen and oxygen atoms in total. The highest BCUT2D eigenvalue weighted by Crippen LogP contribution is 2.24. The van der Waals surface area contributed by atoms with E-state index in [0.29, 0.717) is 5.56 Å². The highest BCUT2D eigenvalue weighted by molar-refractivity contribution is 5.94. The molecule has 0 aromatic heterocycles. The van der Waals surface area contributed by atoms with Crippen LogP contribution in [0.5, 0.6) is 0 Å². The third-order valence-electron chi connectivity index (χ3n) is 3.03. The lowest BCUT2D eigenvalue weighted by molar-refractivity contribution is -0.135. The number of amides is 2. The second kappa shape index (κ2) is 5.18. The van der Waals surface area contributed by atoms with Gasteiger partial charge in [0.15, 0.2) is 0 Å². The van der Waals surface area contributed by atoms with E-state index in [1.165, 1.54) is 0 Å². The average Bonchev–Trinajstić information content (AvgIpc) is 2.83. The number of hydrogen-bond donors (Lipinski definition) is 1. The van der Waals surface area contributed by atoms with Gasteiger partial charge in [-0.1, -0.05) is 37.3 Å². The van der Waals surface area contributed by atoms with Crippen LogP contribution in [0.2, 0.25) is 0 Å². The van der Waals surface area contributed by atoms with E-state index in [4.69, 9.17) is 4.74 Å². The Hall–Kier alpha value is -1.88. The van der Waals surface area contributed by atoms with Crippen LogP contribution >= 0.6 is 0 Å². The van der Waals surface area contributed by atoms with E-state index in [1.54, 1.807) is 31.2 Å². The first-order valence-electron chi connectivity index (χ1n) is 5.82. The van der Waals surface area contributed by atoms with Gasteiger partial charge in [-0.05, 0) is 5.56 Å². The number of benzene rings is 1. The van der Waals surface area contributed by atoms with Gasteiger partial charge in [-0.3, -0.25) is 4.79 Å². The average molecular weight is 249 g/mol. The van der Waals surface area contributed by atoms with Gasteiger partial charge in [0.1, 0.15) is 6.61 Å². The molecule has 0 radical (unpaired) electrons. The molecule has 1 saturated heterocycles. The fourth-order valence-electron chi connectivity index (χ4n) is 1.91. The normalized spacial score (nSPS) is 18.3. The van der Waals surface area contributed by atoms with E-state index in [1.807, 2.05) is 6.07 Å². The number of aliphatic hydroxyl groups excluding tert-OH is 1. The molecule has 0 bridgehead atoms. The van der Waals surface area contributed by atoms with Gasteiger partial charge in [-0.25, -0.2) is 9.69 Å². The summed E-state index contributed by atoms with van der Waals surface area (Å²) in [5.74, 6) is -1.09. The van der Waals surface area contributed by atoms with E-state index in [9.17, 15) is 14.7 Å². The molecule has 1 aromatic rings. The standard InChI is InChI=1S/C13H15NO4/c1-9(11(15)10-5-3-2-4-6-10)12(16)14-7-8-18-13(14)17/h2-6,9,11,15H,7-8H2,1H3/t9-,11-/m1/s1. The van der Waals surface area contributed by atoms with E-state index in [2.05, 4.69) is 0 Å². The van der Waals surface area contributed by atoms with Gasteiger partial charge >= 0.3 is 6.09 Å². The topological polar surface area (TPSA) is 66.8 Å². The number of carbonyl (C=O) groups is 2. The molecule has 2 atom stereocenters. The van der Waals surface area contributed by atoms with Crippen molar-refractivity contribution in [1.29, 1.82) is 0 Å². The lowest BCUT2D eigenvalue weighted by Crippen LogP contribution is -2.38. The SMILES string of the molecule is C[C@@H](C(=O)N1CCOC1=O)[C@@H](O)c1ccccc1. The van der Waals surface area contributed by atoms with Crippen molar-refractivity contribution >= 4 is 12.0 Å². The van der Waals surface area contributed by atoms with Gasteiger partial charge in [-0.15, -0.1) is 0 Å². The predicted octanol–water partition coefficient (Wildman–Crippen LogP) is 1.33. The molecule has 1 aliphatic rings. The first-order chi connectivity index (χ1) is 8.61. The molecule has 1 N–H and O–H groups in total. The summed E-state index contributed by atoms with van der Waals surface area (Å²) in [6.07, 6.45) is -1.56. The van der Waals surface area contributed by atoms with Gasteiger partial charge in [0.2, 0.25) is 5.91 Å². The predicted molar refractivity (Wildman–Crippen MR) is 63.6 cm³/mol. The zero-order valence-electron chi connectivity index (χ0n) is 10.1. The summed E-state index contributed by atoms with van der Waals surface area (Å²) in [5.41, 5.74) is 0.658. The summed E-state index contributed by atoms with van der Waals surface area (Å²) in [4.78, 5) is 24.4. The Labute approximate surface area is 105 Å². The number of hydrogen-bond acceptors (Lipinski definition) is 4. The summed E-state index contributed by atoms with van der Waals surface area (Å²) in [6.45, 7) is 2.08. The molecule has 1 heterocycles. The maximum Gasteiger partial charge on any atom is 0.416 e. The minimum Gasteiger partial charge on any atom is -0.447 e. The Morgan fingerprint density at radius 2 is 2.06 bits per heavy atom. The van der Waals surface area contributed by atoms with Crippen LogP contribution < -0.4 is 0 Å². The number of carbonyl (C=O) groups excluding carboxylic acids is 2. The Kier molecular flexibility index (Phi) is 3.62. The Bertz CT molecular complexity index is 446. The number of cyclic esters (lactones) is 1. The number of aliphatic hydroxyl groups is 1. The summed E-state index contributed by atoms with van der Waals surface area (Å²) in [6, 6.07) is 8.91. The summed E-state index contributed by atoms with van der Waals surface area (Å²) in [7, 11) is 0. The molecular weight excluding hydrogens is 234 g/mol. The van der Waals surface area contributed by atoms with E-state index in [-0.39, 0.29) is 13.2 Å². The molecule has 18 heavy (non-hydrogen) atoms. The minimum absolute atomic E-state index is 0.221. The monoisotopic (exact) mass is 249 g/mol. The van der Waals surface area contributed by atoms with E-state index in [0.717, 1.165) is 4.90 Å². The number of nitrogens with zero attached hydrogens (tertiary/aromatic N) is 1. The van der Waals surface area contributed by atoms with Crippen molar-refractivity contribution in [2.75, 3.05) is 13.2 Å². The fraction of sp³-hybridized carbons (Fsp3) is 0.385.